The number of nitriles is 1. The first-order chi connectivity index (χ1) is 15.5. The first kappa shape index (κ1) is 25.9. The molecule has 0 aliphatic heterocycles. The first-order valence-electron chi connectivity index (χ1n) is 9.50. The summed E-state index contributed by atoms with van der Waals surface area (Å²) in [5, 5.41) is 11.0. The normalized spacial score (nSPS) is 10.0. The third-order valence-electron chi connectivity index (χ3n) is 3.73. The number of hydrogen-bond donors (Lipinski definition) is 1. The van der Waals surface area contributed by atoms with Crippen LogP contribution < -0.4 is 10.1 Å². The average Bonchev–Trinajstić information content (AvgIpc) is 3.40. The summed E-state index contributed by atoms with van der Waals surface area (Å²) < 4.78 is 11.3. The van der Waals surface area contributed by atoms with Gasteiger partial charge in [0.25, 0.3) is 11.7 Å². The molecule has 0 aliphatic rings. The van der Waals surface area contributed by atoms with Gasteiger partial charge in [0.05, 0.1) is 35.5 Å². The van der Waals surface area contributed by atoms with E-state index >= 15 is 0 Å². The summed E-state index contributed by atoms with van der Waals surface area (Å²) in [6, 6.07) is 10.7. The van der Waals surface area contributed by atoms with Gasteiger partial charge in [-0.3, -0.25) is 14.0 Å². The third kappa shape index (κ3) is 7.28. The van der Waals surface area contributed by atoms with Gasteiger partial charge in [0.1, 0.15) is 5.00 Å². The van der Waals surface area contributed by atoms with Crippen molar-refractivity contribution in [3.05, 3.63) is 72.3 Å². The lowest BCUT2D eigenvalue weighted by molar-refractivity contribution is -0.112. The number of nitrogens with one attached hydrogen (secondary N) is 1. The van der Waals surface area contributed by atoms with E-state index in [0.717, 1.165) is 17.2 Å². The summed E-state index contributed by atoms with van der Waals surface area (Å²) in [7, 11) is 0. The maximum Gasteiger partial charge on any atom is 0.297 e. The number of terminal acetylenes is 1. The van der Waals surface area contributed by atoms with Crippen molar-refractivity contribution in [3.8, 4) is 24.8 Å². The van der Waals surface area contributed by atoms with Crippen LogP contribution in [-0.4, -0.2) is 20.5 Å². The number of ketones is 1. The van der Waals surface area contributed by atoms with Crippen molar-refractivity contribution in [2.24, 2.45) is 0 Å². The van der Waals surface area contributed by atoms with Gasteiger partial charge >= 0.3 is 0 Å². The lowest BCUT2D eigenvalue weighted by atomic mass is 10.1. The Bertz CT molecular complexity index is 1160. The molecule has 0 saturated heterocycles. The van der Waals surface area contributed by atoms with E-state index in [1.165, 1.54) is 6.26 Å². The summed E-state index contributed by atoms with van der Waals surface area (Å²) in [6.07, 6.45) is 17.3. The van der Waals surface area contributed by atoms with Gasteiger partial charge in [-0.1, -0.05) is 24.3 Å². The number of fused-ring (bicyclic) bond motifs is 1. The summed E-state index contributed by atoms with van der Waals surface area (Å²) in [4.78, 5) is 24.8. The number of carbonyl (C=O) groups excluding carboxylic acids is 2. The highest BCUT2D eigenvalue weighted by Gasteiger charge is 2.22. The monoisotopic (exact) mass is 448 g/mol. The number of nitrogens with zero attached hydrogens (tertiary/aromatic N) is 3. The second-order valence-corrected chi connectivity index (χ2v) is 6.79. The number of pyridine rings is 1. The SMILES string of the molecule is C#C.C/C=C/Oc1cc(C(=O)C(=O)Nc2cc(C)ns2)c2ccccn12.C/C=C\CC#N. The molecule has 0 bridgehead atoms. The van der Waals surface area contributed by atoms with Gasteiger partial charge in [0.2, 0.25) is 5.88 Å². The summed E-state index contributed by atoms with van der Waals surface area (Å²) in [5.74, 6) is -0.860. The fourth-order valence-electron chi connectivity index (χ4n) is 2.42. The molecule has 32 heavy (non-hydrogen) atoms. The number of ether oxygens (including phenoxy) is 1. The van der Waals surface area contributed by atoms with E-state index in [2.05, 4.69) is 22.5 Å². The van der Waals surface area contributed by atoms with Gasteiger partial charge in [0.15, 0.2) is 0 Å². The number of amides is 1. The predicted molar refractivity (Wildman–Crippen MR) is 128 cm³/mol. The quantitative estimate of drug-likeness (QED) is 0.185. The van der Waals surface area contributed by atoms with Crippen LogP contribution in [0.2, 0.25) is 0 Å². The van der Waals surface area contributed by atoms with Crippen molar-refractivity contribution in [3.63, 3.8) is 0 Å². The third-order valence-corrected chi connectivity index (χ3v) is 4.52. The van der Waals surface area contributed by atoms with Gasteiger partial charge in [-0.2, -0.15) is 9.64 Å². The Hall–Kier alpha value is -4.14. The van der Waals surface area contributed by atoms with E-state index < -0.39 is 11.7 Å². The standard InChI is InChI=1S/C17H15N3O3S.C5H7N.C2H2/c1-3-8-23-15-10-12(13-6-4-5-7-20(13)15)16(21)17(22)18-14-9-11(2)19-24-14;1-2-3-4-5-6;1-2/h3-10H,1-2H3,(H,18,22);2-3H,4H2,1H3;1-2H/b8-3+;3-2-;. The summed E-state index contributed by atoms with van der Waals surface area (Å²) in [6.45, 7) is 5.55. The molecule has 3 rings (SSSR count). The molecule has 3 aromatic rings. The number of allylic oxidation sites excluding steroid dienone is 3. The second kappa shape index (κ2) is 14.0. The van der Waals surface area contributed by atoms with Gasteiger partial charge < -0.3 is 10.1 Å². The lowest BCUT2D eigenvalue weighted by Crippen LogP contribution is -2.22. The number of Topliss-reactive ketones (excluding diaryl/α,β-unsaturated/α-hetero) is 1. The van der Waals surface area contributed by atoms with Gasteiger partial charge in [0, 0.05) is 12.3 Å². The molecular weight excluding hydrogens is 424 g/mol. The highest BCUT2D eigenvalue weighted by molar-refractivity contribution is 7.10. The Morgan fingerprint density at radius 3 is 2.59 bits per heavy atom. The minimum Gasteiger partial charge on any atom is -0.448 e. The molecule has 0 aromatic carbocycles. The molecule has 0 unspecified atom stereocenters. The molecule has 164 valence electrons. The van der Waals surface area contributed by atoms with Gasteiger partial charge in [-0.05, 0) is 50.5 Å². The smallest absolute Gasteiger partial charge is 0.297 e. The van der Waals surface area contributed by atoms with E-state index in [-0.39, 0.29) is 5.56 Å². The molecule has 3 aromatic heterocycles. The molecule has 0 saturated carbocycles. The van der Waals surface area contributed by atoms with Gasteiger partial charge in [-0.15, -0.1) is 12.8 Å². The van der Waals surface area contributed by atoms with Crippen LogP contribution in [0.3, 0.4) is 0 Å². The zero-order chi connectivity index (χ0) is 23.9. The molecule has 3 heterocycles. The molecule has 8 heteroatoms. The summed E-state index contributed by atoms with van der Waals surface area (Å²) in [5.41, 5.74) is 1.69. The minimum absolute atomic E-state index is 0.286. The van der Waals surface area contributed by atoms with Crippen LogP contribution >= 0.6 is 11.5 Å². The number of aryl methyl sites for hydroxylation is 1. The Morgan fingerprint density at radius 1 is 1.28 bits per heavy atom. The number of anilines is 1. The molecule has 0 aliphatic carbocycles. The van der Waals surface area contributed by atoms with E-state index in [4.69, 9.17) is 10.00 Å². The lowest BCUT2D eigenvalue weighted by Gasteiger charge is -2.01. The van der Waals surface area contributed by atoms with Crippen molar-refractivity contribution in [1.29, 1.82) is 5.26 Å². The number of hydrogen-bond acceptors (Lipinski definition) is 6. The molecule has 1 amide bonds. The highest BCUT2D eigenvalue weighted by atomic mass is 32.1. The maximum atomic E-state index is 12.5. The van der Waals surface area contributed by atoms with Crippen molar-refractivity contribution in [2.75, 3.05) is 5.32 Å². The molecule has 1 N–H and O–H groups in total. The van der Waals surface area contributed by atoms with Crippen LogP contribution in [0, 0.1) is 31.1 Å². The van der Waals surface area contributed by atoms with E-state index in [1.54, 1.807) is 40.9 Å². The number of aromatic nitrogens is 2. The first-order valence-corrected chi connectivity index (χ1v) is 10.3. The Kier molecular flexibility index (Phi) is 11.3. The van der Waals surface area contributed by atoms with Crippen molar-refractivity contribution >= 4 is 33.7 Å². The zero-order valence-corrected chi connectivity index (χ0v) is 18.9. The molecule has 0 spiro atoms. The average molecular weight is 449 g/mol. The molecule has 0 atom stereocenters. The molecule has 7 nitrogen and oxygen atoms in total. The maximum absolute atomic E-state index is 12.5. The summed E-state index contributed by atoms with van der Waals surface area (Å²) >= 11 is 1.14. The fraction of sp³-hybridized carbons (Fsp3) is 0.167. The largest absolute Gasteiger partial charge is 0.448 e. The fourth-order valence-corrected chi connectivity index (χ4v) is 3.07. The van der Waals surface area contributed by atoms with E-state index in [1.807, 2.05) is 45.1 Å². The van der Waals surface area contributed by atoms with Crippen molar-refractivity contribution in [2.45, 2.75) is 27.2 Å². The zero-order valence-electron chi connectivity index (χ0n) is 18.1. The van der Waals surface area contributed by atoms with Crippen LogP contribution in [0.5, 0.6) is 5.88 Å². The Morgan fingerprint density at radius 2 is 2.03 bits per heavy atom. The van der Waals surface area contributed by atoms with Gasteiger partial charge in [-0.25, -0.2) is 0 Å². The predicted octanol–water partition coefficient (Wildman–Crippen LogP) is 5.16. The van der Waals surface area contributed by atoms with Crippen LogP contribution in [0.1, 0.15) is 36.3 Å². The highest BCUT2D eigenvalue weighted by Crippen LogP contribution is 2.24. The van der Waals surface area contributed by atoms with Crippen molar-refractivity contribution in [1.82, 2.24) is 8.77 Å². The Balaban J connectivity index is 0.000000556. The van der Waals surface area contributed by atoms with E-state index in [0.29, 0.717) is 22.8 Å². The Labute approximate surface area is 191 Å². The van der Waals surface area contributed by atoms with Crippen LogP contribution in [0.4, 0.5) is 5.00 Å². The number of carbonyl (C=O) groups is 2. The van der Waals surface area contributed by atoms with Crippen molar-refractivity contribution < 1.29 is 14.3 Å². The minimum atomic E-state index is -0.701. The van der Waals surface area contributed by atoms with Crippen LogP contribution in [0.15, 0.2) is 61.0 Å². The van der Waals surface area contributed by atoms with Crippen LogP contribution in [-0.2, 0) is 4.79 Å². The second-order valence-electron chi connectivity index (χ2n) is 5.99. The topological polar surface area (TPSA) is 96.5 Å². The molecule has 0 radical (unpaired) electrons. The van der Waals surface area contributed by atoms with Crippen LogP contribution in [0.25, 0.3) is 5.52 Å². The van der Waals surface area contributed by atoms with E-state index in [9.17, 15) is 9.59 Å². The molecular formula is C24H24N4O3S. The molecule has 0 fully saturated rings. The number of rotatable bonds is 6.